The predicted octanol–water partition coefficient (Wildman–Crippen LogP) is 5.01. The molecule has 1 aliphatic carbocycles. The molecule has 1 fully saturated rings. The minimum absolute atomic E-state index is 0.0388. The van der Waals surface area contributed by atoms with Crippen molar-refractivity contribution in [1.29, 1.82) is 0 Å². The number of thiophene rings is 1. The standard InChI is InChI=1S/C21H21BrN2O3S/c1-13-3-2-4-16(9-13)27-18(25)10-24-12-23-20-19(21(24)26)17(11-28-20)14-5-7-15(22)8-6-14/h5-8,11-13,16H,2-4,9-10H2,1H3. The monoisotopic (exact) mass is 460 g/mol. The normalized spacial score (nSPS) is 19.6. The summed E-state index contributed by atoms with van der Waals surface area (Å²) in [4.78, 5) is 30.5. The Balaban J connectivity index is 1.59. The number of esters is 1. The lowest BCUT2D eigenvalue weighted by Crippen LogP contribution is -2.30. The molecule has 0 saturated heterocycles. The van der Waals surface area contributed by atoms with Gasteiger partial charge in [0.2, 0.25) is 0 Å². The second-order valence-corrected chi connectivity index (χ2v) is 9.17. The van der Waals surface area contributed by atoms with Crippen LogP contribution in [0.5, 0.6) is 0 Å². The van der Waals surface area contributed by atoms with Crippen molar-refractivity contribution in [2.75, 3.05) is 0 Å². The van der Waals surface area contributed by atoms with Gasteiger partial charge in [0.1, 0.15) is 17.5 Å². The number of halogens is 1. The maximum Gasteiger partial charge on any atom is 0.326 e. The molecule has 146 valence electrons. The van der Waals surface area contributed by atoms with Crippen LogP contribution in [0.4, 0.5) is 0 Å². The Labute approximate surface area is 175 Å². The van der Waals surface area contributed by atoms with Crippen molar-refractivity contribution < 1.29 is 9.53 Å². The molecule has 2 aromatic heterocycles. The molecule has 1 saturated carbocycles. The van der Waals surface area contributed by atoms with Crippen LogP contribution in [-0.4, -0.2) is 21.6 Å². The average molecular weight is 461 g/mol. The molecule has 7 heteroatoms. The number of nitrogens with zero attached hydrogens (tertiary/aromatic N) is 2. The van der Waals surface area contributed by atoms with E-state index >= 15 is 0 Å². The Morgan fingerprint density at radius 3 is 2.86 bits per heavy atom. The van der Waals surface area contributed by atoms with Crippen molar-refractivity contribution in [3.05, 3.63) is 50.8 Å². The van der Waals surface area contributed by atoms with Gasteiger partial charge in [-0.1, -0.05) is 41.4 Å². The van der Waals surface area contributed by atoms with E-state index in [1.54, 1.807) is 0 Å². The van der Waals surface area contributed by atoms with E-state index in [0.717, 1.165) is 34.9 Å². The summed E-state index contributed by atoms with van der Waals surface area (Å²) in [5.41, 5.74) is 1.58. The molecule has 0 N–H and O–H groups in total. The van der Waals surface area contributed by atoms with Gasteiger partial charge < -0.3 is 4.74 Å². The van der Waals surface area contributed by atoms with Crippen LogP contribution in [0.3, 0.4) is 0 Å². The third kappa shape index (κ3) is 4.05. The Morgan fingerprint density at radius 1 is 1.32 bits per heavy atom. The zero-order valence-corrected chi connectivity index (χ0v) is 18.0. The molecule has 1 aromatic carbocycles. The zero-order chi connectivity index (χ0) is 19.7. The summed E-state index contributed by atoms with van der Waals surface area (Å²) >= 11 is 4.86. The SMILES string of the molecule is CC1CCCC(OC(=O)Cn2cnc3scc(-c4ccc(Br)cc4)c3c2=O)C1. The Morgan fingerprint density at radius 2 is 2.11 bits per heavy atom. The molecular weight excluding hydrogens is 440 g/mol. The highest BCUT2D eigenvalue weighted by molar-refractivity contribution is 9.10. The lowest BCUT2D eigenvalue weighted by molar-refractivity contribution is -0.152. The van der Waals surface area contributed by atoms with Crippen LogP contribution < -0.4 is 5.56 Å². The van der Waals surface area contributed by atoms with E-state index in [2.05, 4.69) is 27.8 Å². The summed E-state index contributed by atoms with van der Waals surface area (Å²) in [7, 11) is 0. The summed E-state index contributed by atoms with van der Waals surface area (Å²) in [6, 6.07) is 7.80. The minimum atomic E-state index is -0.372. The van der Waals surface area contributed by atoms with Crippen LogP contribution >= 0.6 is 27.3 Å². The predicted molar refractivity (Wildman–Crippen MR) is 115 cm³/mol. The van der Waals surface area contributed by atoms with Gasteiger partial charge in [0.15, 0.2) is 0 Å². The fourth-order valence-corrected chi connectivity index (χ4v) is 4.94. The molecule has 0 radical (unpaired) electrons. The molecule has 2 atom stereocenters. The molecule has 2 heterocycles. The first-order chi connectivity index (χ1) is 13.5. The van der Waals surface area contributed by atoms with Crippen molar-refractivity contribution in [3.8, 4) is 11.1 Å². The fraction of sp³-hybridized carbons (Fsp3) is 0.381. The van der Waals surface area contributed by atoms with Crippen molar-refractivity contribution in [3.63, 3.8) is 0 Å². The maximum absolute atomic E-state index is 13.0. The van der Waals surface area contributed by atoms with Crippen LogP contribution in [0.2, 0.25) is 0 Å². The van der Waals surface area contributed by atoms with Gasteiger partial charge in [-0.15, -0.1) is 11.3 Å². The molecule has 5 nitrogen and oxygen atoms in total. The molecule has 1 aliphatic rings. The number of benzene rings is 1. The maximum atomic E-state index is 13.0. The number of aromatic nitrogens is 2. The van der Waals surface area contributed by atoms with E-state index in [1.165, 1.54) is 28.7 Å². The molecule has 0 aliphatic heterocycles. The van der Waals surface area contributed by atoms with Crippen molar-refractivity contribution in [2.45, 2.75) is 45.3 Å². The van der Waals surface area contributed by atoms with Crippen LogP contribution in [0, 0.1) is 5.92 Å². The van der Waals surface area contributed by atoms with Crippen LogP contribution in [0.1, 0.15) is 32.6 Å². The fourth-order valence-electron chi connectivity index (χ4n) is 3.77. The number of hydrogen-bond donors (Lipinski definition) is 0. The second-order valence-electron chi connectivity index (χ2n) is 7.40. The average Bonchev–Trinajstić information content (AvgIpc) is 3.09. The van der Waals surface area contributed by atoms with Gasteiger partial charge in [-0.05, 0) is 42.9 Å². The topological polar surface area (TPSA) is 61.2 Å². The number of hydrogen-bond acceptors (Lipinski definition) is 5. The summed E-state index contributed by atoms with van der Waals surface area (Å²) in [5.74, 6) is 0.203. The molecule has 0 spiro atoms. The molecule has 28 heavy (non-hydrogen) atoms. The summed E-state index contributed by atoms with van der Waals surface area (Å²) in [6.07, 6.45) is 5.47. The van der Waals surface area contributed by atoms with Gasteiger partial charge in [0.05, 0.1) is 11.7 Å². The molecule has 0 amide bonds. The van der Waals surface area contributed by atoms with Gasteiger partial charge in [0.25, 0.3) is 5.56 Å². The largest absolute Gasteiger partial charge is 0.461 e. The van der Waals surface area contributed by atoms with Crippen LogP contribution in [-0.2, 0) is 16.1 Å². The van der Waals surface area contributed by atoms with E-state index in [1.807, 2.05) is 29.6 Å². The second kappa shape index (κ2) is 8.17. The van der Waals surface area contributed by atoms with Gasteiger partial charge in [0, 0.05) is 15.4 Å². The quantitative estimate of drug-likeness (QED) is 0.513. The van der Waals surface area contributed by atoms with Crippen molar-refractivity contribution in [2.24, 2.45) is 5.92 Å². The molecule has 2 unspecified atom stereocenters. The smallest absolute Gasteiger partial charge is 0.326 e. The first kappa shape index (κ1) is 19.3. The van der Waals surface area contributed by atoms with Crippen molar-refractivity contribution >= 4 is 43.5 Å². The number of ether oxygens (including phenoxy) is 1. The number of carbonyl (C=O) groups is 1. The van der Waals surface area contributed by atoms with Gasteiger partial charge >= 0.3 is 5.97 Å². The third-order valence-corrected chi connectivity index (χ3v) is 6.62. The number of fused-ring (bicyclic) bond motifs is 1. The molecule has 3 aromatic rings. The Kier molecular flexibility index (Phi) is 5.64. The first-order valence-electron chi connectivity index (χ1n) is 9.43. The first-order valence-corrected chi connectivity index (χ1v) is 11.1. The van der Waals surface area contributed by atoms with E-state index in [-0.39, 0.29) is 24.2 Å². The van der Waals surface area contributed by atoms with Crippen LogP contribution in [0.25, 0.3) is 21.3 Å². The Bertz CT molecular complexity index is 1060. The van der Waals surface area contributed by atoms with Crippen LogP contribution in [0.15, 0.2) is 45.2 Å². The highest BCUT2D eigenvalue weighted by Gasteiger charge is 2.23. The molecule has 0 bridgehead atoms. The summed E-state index contributed by atoms with van der Waals surface area (Å²) in [5, 5.41) is 2.49. The number of rotatable bonds is 4. The summed E-state index contributed by atoms with van der Waals surface area (Å²) < 4.78 is 7.94. The van der Waals surface area contributed by atoms with Gasteiger partial charge in [-0.25, -0.2) is 4.98 Å². The van der Waals surface area contributed by atoms with E-state index in [9.17, 15) is 9.59 Å². The molecular formula is C21H21BrN2O3S. The highest BCUT2D eigenvalue weighted by Crippen LogP contribution is 2.31. The molecule has 4 rings (SSSR count). The van der Waals surface area contributed by atoms with Gasteiger partial charge in [-0.3, -0.25) is 14.2 Å². The van der Waals surface area contributed by atoms with E-state index in [0.29, 0.717) is 16.1 Å². The lowest BCUT2D eigenvalue weighted by atomic mass is 9.89. The Hall–Kier alpha value is -1.99. The van der Waals surface area contributed by atoms with E-state index in [4.69, 9.17) is 4.74 Å². The summed E-state index contributed by atoms with van der Waals surface area (Å²) in [6.45, 7) is 2.07. The lowest BCUT2D eigenvalue weighted by Gasteiger charge is -2.26. The highest BCUT2D eigenvalue weighted by atomic mass is 79.9. The van der Waals surface area contributed by atoms with E-state index < -0.39 is 0 Å². The third-order valence-electron chi connectivity index (χ3n) is 5.20. The van der Waals surface area contributed by atoms with Crippen molar-refractivity contribution in [1.82, 2.24) is 9.55 Å². The number of carbonyl (C=O) groups excluding carboxylic acids is 1. The van der Waals surface area contributed by atoms with Gasteiger partial charge in [-0.2, -0.15) is 0 Å². The minimum Gasteiger partial charge on any atom is -0.461 e. The zero-order valence-electron chi connectivity index (χ0n) is 15.6.